The molecule has 0 aliphatic carbocycles. The molecule has 0 saturated carbocycles. The van der Waals surface area contributed by atoms with E-state index < -0.39 is 52.7 Å². The maximum Gasteiger partial charge on any atom is 0.210 e. The monoisotopic (exact) mass is 788 g/mol. The highest BCUT2D eigenvalue weighted by Crippen LogP contribution is 2.51. The second-order valence-corrected chi connectivity index (χ2v) is 19.1. The van der Waals surface area contributed by atoms with Crippen molar-refractivity contribution in [3.63, 3.8) is 0 Å². The van der Waals surface area contributed by atoms with Crippen molar-refractivity contribution >= 4 is 69.0 Å². The second kappa shape index (κ2) is 14.0. The minimum Gasteiger partial charge on any atom is -0.748 e. The van der Waals surface area contributed by atoms with Crippen LogP contribution in [0, 0.1) is 6.92 Å². The molecule has 0 spiro atoms. The van der Waals surface area contributed by atoms with Crippen LogP contribution in [0.3, 0.4) is 0 Å². The summed E-state index contributed by atoms with van der Waals surface area (Å²) in [4.78, 5) is 1.42. The predicted molar refractivity (Wildman–Crippen MR) is 208 cm³/mol. The molecular weight excluding hydrogens is 749 g/mol. The van der Waals surface area contributed by atoms with Crippen LogP contribution in [0.15, 0.2) is 114 Å². The Morgan fingerprint density at radius 3 is 1.98 bits per heavy atom. The van der Waals surface area contributed by atoms with E-state index in [2.05, 4.69) is 26.0 Å². The van der Waals surface area contributed by atoms with Crippen LogP contribution in [0.1, 0.15) is 44.4 Å². The molecule has 2 aliphatic rings. The van der Waals surface area contributed by atoms with Gasteiger partial charge in [0.1, 0.15) is 20.2 Å². The average molecular weight is 789 g/mol. The SMILES string of the molecule is Cc1ccc2c3c(ccc2c1)[N+](CCS(=O)(=O)[O-])=C(/C=C/C=C/C=C/C=C1/N(CCS(=O)(=O)[O-])c2ccc4cc(S(=O)(=O)[O-])ccc4c2C1(C)C)C3(C)C. The number of benzene rings is 4. The van der Waals surface area contributed by atoms with Gasteiger partial charge in [-0.3, -0.25) is 0 Å². The van der Waals surface area contributed by atoms with Gasteiger partial charge in [-0.05, 0) is 78.2 Å². The number of rotatable bonds is 11. The van der Waals surface area contributed by atoms with E-state index in [9.17, 15) is 38.9 Å². The number of allylic oxidation sites excluding steroid dienone is 8. The van der Waals surface area contributed by atoms with E-state index in [0.29, 0.717) is 22.2 Å². The molecule has 0 saturated heterocycles. The van der Waals surface area contributed by atoms with Crippen molar-refractivity contribution in [3.05, 3.63) is 126 Å². The Morgan fingerprint density at radius 2 is 1.30 bits per heavy atom. The van der Waals surface area contributed by atoms with E-state index in [4.69, 9.17) is 0 Å². The summed E-state index contributed by atoms with van der Waals surface area (Å²) in [6, 6.07) is 17.7. The van der Waals surface area contributed by atoms with Crippen molar-refractivity contribution in [2.75, 3.05) is 29.5 Å². The van der Waals surface area contributed by atoms with Gasteiger partial charge in [0, 0.05) is 41.1 Å². The van der Waals surface area contributed by atoms with Gasteiger partial charge in [0.2, 0.25) is 5.69 Å². The van der Waals surface area contributed by atoms with E-state index >= 15 is 0 Å². The molecule has 0 atom stereocenters. The number of nitrogens with zero attached hydrogens (tertiary/aromatic N) is 2. The lowest BCUT2D eigenvalue weighted by Gasteiger charge is -2.27. The number of hydrogen-bond donors (Lipinski definition) is 0. The van der Waals surface area contributed by atoms with Crippen LogP contribution in [-0.4, -0.2) is 73.8 Å². The molecule has 0 amide bonds. The summed E-state index contributed by atoms with van der Waals surface area (Å²) in [5, 5.41) is 3.35. The first-order valence-electron chi connectivity index (χ1n) is 17.2. The van der Waals surface area contributed by atoms with Crippen LogP contribution in [-0.2, 0) is 41.2 Å². The van der Waals surface area contributed by atoms with E-state index in [1.807, 2.05) is 67.8 Å². The van der Waals surface area contributed by atoms with Gasteiger partial charge in [-0.1, -0.05) is 80.1 Å². The van der Waals surface area contributed by atoms with Crippen molar-refractivity contribution in [2.24, 2.45) is 0 Å². The van der Waals surface area contributed by atoms with Crippen molar-refractivity contribution in [2.45, 2.75) is 50.3 Å². The second-order valence-electron chi connectivity index (χ2n) is 14.6. The van der Waals surface area contributed by atoms with Crippen LogP contribution in [0.2, 0.25) is 0 Å². The van der Waals surface area contributed by atoms with Crippen LogP contribution in [0.25, 0.3) is 21.5 Å². The van der Waals surface area contributed by atoms with Gasteiger partial charge in [0.05, 0.1) is 31.9 Å². The third kappa shape index (κ3) is 7.72. The van der Waals surface area contributed by atoms with E-state index in [-0.39, 0.29) is 18.0 Å². The average Bonchev–Trinajstić information content (AvgIpc) is 3.42. The normalized spacial score (nSPS) is 18.0. The Balaban J connectivity index is 1.31. The molecule has 6 rings (SSSR count). The maximum absolute atomic E-state index is 11.7. The van der Waals surface area contributed by atoms with Crippen LogP contribution >= 0.6 is 0 Å². The van der Waals surface area contributed by atoms with Crippen molar-refractivity contribution in [1.29, 1.82) is 0 Å². The van der Waals surface area contributed by atoms with Gasteiger partial charge in [-0.15, -0.1) is 0 Å². The van der Waals surface area contributed by atoms with Crippen LogP contribution < -0.4 is 4.90 Å². The minimum absolute atomic E-state index is 0.00695. The van der Waals surface area contributed by atoms with E-state index in [0.717, 1.165) is 38.9 Å². The molecule has 4 aromatic rings. The quantitative estimate of drug-likeness (QED) is 0.0992. The lowest BCUT2D eigenvalue weighted by atomic mass is 9.79. The van der Waals surface area contributed by atoms with Gasteiger partial charge in [-0.2, -0.15) is 4.58 Å². The summed E-state index contributed by atoms with van der Waals surface area (Å²) in [5.41, 5.74) is 4.82. The molecule has 0 unspecified atom stereocenters. The van der Waals surface area contributed by atoms with Gasteiger partial charge in [0.15, 0.2) is 12.3 Å². The fourth-order valence-electron chi connectivity index (χ4n) is 7.81. The number of hydrogen-bond acceptors (Lipinski definition) is 10. The topological polar surface area (TPSA) is 178 Å². The molecule has 4 aromatic carbocycles. The molecule has 0 aromatic heterocycles. The summed E-state index contributed by atoms with van der Waals surface area (Å²) in [6.07, 6.45) is 12.8. The molecule has 0 N–H and O–H groups in total. The Bertz CT molecular complexity index is 2710. The predicted octanol–water partition coefficient (Wildman–Crippen LogP) is 6.02. The molecule has 0 bridgehead atoms. The Labute approximate surface area is 316 Å². The lowest BCUT2D eigenvalue weighted by Crippen LogP contribution is -2.30. The maximum atomic E-state index is 11.7. The Kier molecular flexibility index (Phi) is 10.2. The highest BCUT2D eigenvalue weighted by molar-refractivity contribution is 7.86. The molecule has 284 valence electrons. The van der Waals surface area contributed by atoms with Crippen molar-refractivity contribution < 1.29 is 43.5 Å². The highest BCUT2D eigenvalue weighted by atomic mass is 32.2. The Hall–Kier alpha value is -4.44. The number of aryl methyl sites for hydroxylation is 1. The standard InChI is InChI=1S/C40H42N2O9S3/c1-27-13-17-31-28(25-27)14-19-33-37(31)39(2,3)35(41(33)21-23-52(43,44)45)11-9-7-6-8-10-12-36-40(4,5)38-32-18-16-30(54(49,50)51)26-29(32)15-20-34(38)42(36)22-24-53(46,47)48/h6-20,25-26H,21-24H2,1-5H3,(H2-,43,44,45,46,47,48,49,50,51)/p-2. The van der Waals surface area contributed by atoms with Crippen molar-refractivity contribution in [1.82, 2.24) is 0 Å². The first-order valence-corrected chi connectivity index (χ1v) is 21.7. The number of fused-ring (bicyclic) bond motifs is 6. The smallest absolute Gasteiger partial charge is 0.210 e. The molecule has 2 aliphatic heterocycles. The Morgan fingerprint density at radius 1 is 0.685 bits per heavy atom. The van der Waals surface area contributed by atoms with Gasteiger partial charge in [0.25, 0.3) is 0 Å². The summed E-state index contributed by atoms with van der Waals surface area (Å²) in [5.74, 6) is -1.18. The summed E-state index contributed by atoms with van der Waals surface area (Å²) in [6.45, 7) is 9.97. The first kappa shape index (κ1) is 39.3. The third-order valence-corrected chi connectivity index (χ3v) is 12.4. The molecule has 11 nitrogen and oxygen atoms in total. The van der Waals surface area contributed by atoms with Crippen LogP contribution in [0.4, 0.5) is 11.4 Å². The fraction of sp³-hybridized carbons (Fsp3) is 0.275. The summed E-state index contributed by atoms with van der Waals surface area (Å²) in [7, 11) is -13.7. The molecule has 0 radical (unpaired) electrons. The van der Waals surface area contributed by atoms with E-state index in [1.165, 1.54) is 12.1 Å². The molecule has 0 fully saturated rings. The third-order valence-electron chi connectivity index (χ3n) is 10.2. The minimum atomic E-state index is -4.68. The van der Waals surface area contributed by atoms with Crippen LogP contribution in [0.5, 0.6) is 0 Å². The zero-order valence-electron chi connectivity index (χ0n) is 30.4. The molecular formula is C40H40N2O9S3-2. The molecule has 54 heavy (non-hydrogen) atoms. The largest absolute Gasteiger partial charge is 0.748 e. The zero-order valence-corrected chi connectivity index (χ0v) is 32.9. The van der Waals surface area contributed by atoms with Gasteiger partial charge < -0.3 is 18.6 Å². The highest BCUT2D eigenvalue weighted by Gasteiger charge is 2.45. The summed E-state index contributed by atoms with van der Waals surface area (Å²) >= 11 is 0. The molecule has 2 heterocycles. The molecule has 14 heteroatoms. The number of anilines is 1. The van der Waals surface area contributed by atoms with Gasteiger partial charge >= 0.3 is 0 Å². The lowest BCUT2D eigenvalue weighted by molar-refractivity contribution is -0.432. The van der Waals surface area contributed by atoms with E-state index in [1.54, 1.807) is 41.3 Å². The first-order chi connectivity index (χ1) is 25.1. The zero-order chi connectivity index (χ0) is 39.4. The van der Waals surface area contributed by atoms with Gasteiger partial charge in [-0.25, -0.2) is 25.3 Å². The summed E-state index contributed by atoms with van der Waals surface area (Å²) < 4.78 is 107. The van der Waals surface area contributed by atoms with Crippen molar-refractivity contribution in [3.8, 4) is 0 Å². The fourth-order valence-corrected chi connectivity index (χ4v) is 9.13.